The molecule has 0 heterocycles. The number of amidine groups is 1. The van der Waals surface area contributed by atoms with Crippen LogP contribution in [-0.4, -0.2) is 29.5 Å². The highest BCUT2D eigenvalue weighted by Crippen LogP contribution is 2.05. The second-order valence-corrected chi connectivity index (χ2v) is 3.39. The van der Waals surface area contributed by atoms with Crippen LogP contribution in [-0.2, 0) is 0 Å². The minimum absolute atomic E-state index is 0.488. The van der Waals surface area contributed by atoms with E-state index in [4.69, 9.17) is 0 Å². The van der Waals surface area contributed by atoms with E-state index >= 15 is 0 Å². The van der Waals surface area contributed by atoms with Crippen molar-refractivity contribution in [3.05, 3.63) is 35.9 Å². The lowest BCUT2D eigenvalue weighted by Crippen LogP contribution is -2.26. The molecule has 0 aliphatic heterocycles. The summed E-state index contributed by atoms with van der Waals surface area (Å²) in [4.78, 5) is 6.30. The minimum atomic E-state index is 0.488. The smallest absolute Gasteiger partial charge is 0.132 e. The zero-order chi connectivity index (χ0) is 10.4. The van der Waals surface area contributed by atoms with E-state index in [1.807, 2.05) is 42.3 Å². The summed E-state index contributed by atoms with van der Waals surface area (Å²) in [7, 11) is 1.96. The van der Waals surface area contributed by atoms with Crippen molar-refractivity contribution in [2.24, 2.45) is 4.99 Å². The molecule has 0 radical (unpaired) electrons. The van der Waals surface area contributed by atoms with E-state index in [1.54, 1.807) is 0 Å². The highest BCUT2D eigenvalue weighted by molar-refractivity contribution is 7.80. The van der Waals surface area contributed by atoms with E-state index in [2.05, 4.69) is 30.2 Å². The lowest BCUT2D eigenvalue weighted by Gasteiger charge is -2.18. The van der Waals surface area contributed by atoms with E-state index in [9.17, 15) is 0 Å². The Balaban J connectivity index is 2.95. The van der Waals surface area contributed by atoms with Crippen molar-refractivity contribution in [2.45, 2.75) is 0 Å². The summed E-state index contributed by atoms with van der Waals surface area (Å²) in [6.45, 7) is 0. The number of hydrogen-bond acceptors (Lipinski definition) is 3. The van der Waals surface area contributed by atoms with Gasteiger partial charge in [0, 0.05) is 12.6 Å². The third kappa shape index (κ3) is 2.96. The Morgan fingerprint density at radius 3 is 2.43 bits per heavy atom. The van der Waals surface area contributed by atoms with Crippen LogP contribution in [0.15, 0.2) is 35.3 Å². The van der Waals surface area contributed by atoms with Gasteiger partial charge in [0.05, 0.1) is 11.8 Å². The predicted molar refractivity (Wildman–Crippen MR) is 68.4 cm³/mol. The minimum Gasteiger partial charge on any atom is -0.350 e. The molecular weight excluding hydrogens is 212 g/mol. The van der Waals surface area contributed by atoms with Gasteiger partial charge in [0.15, 0.2) is 0 Å². The van der Waals surface area contributed by atoms with Crippen LogP contribution in [0.4, 0.5) is 0 Å². The topological polar surface area (TPSA) is 15.6 Å². The van der Waals surface area contributed by atoms with Crippen molar-refractivity contribution < 1.29 is 0 Å². The maximum Gasteiger partial charge on any atom is 0.132 e. The summed E-state index contributed by atoms with van der Waals surface area (Å²) < 4.78 is 0. The summed E-state index contributed by atoms with van der Waals surface area (Å²) in [5.74, 6) is 2.06. The molecule has 0 amide bonds. The van der Waals surface area contributed by atoms with Gasteiger partial charge in [-0.25, -0.2) is 0 Å². The molecule has 0 saturated heterocycles. The van der Waals surface area contributed by atoms with Crippen LogP contribution in [0.25, 0.3) is 0 Å². The molecule has 4 heteroatoms. The maximum absolute atomic E-state index is 4.32. The van der Waals surface area contributed by atoms with Crippen molar-refractivity contribution >= 4 is 31.1 Å². The van der Waals surface area contributed by atoms with Gasteiger partial charge in [-0.1, -0.05) is 30.3 Å². The molecule has 0 saturated carbocycles. The van der Waals surface area contributed by atoms with Crippen LogP contribution in [0.2, 0.25) is 0 Å². The summed E-state index contributed by atoms with van der Waals surface area (Å²) in [6, 6.07) is 10.0. The van der Waals surface area contributed by atoms with Crippen LogP contribution >= 0.6 is 25.3 Å². The first-order valence-electron chi connectivity index (χ1n) is 4.32. The van der Waals surface area contributed by atoms with Crippen LogP contribution in [0.1, 0.15) is 5.56 Å². The Hall–Kier alpha value is -0.610. The number of benzene rings is 1. The van der Waals surface area contributed by atoms with Crippen LogP contribution in [0, 0.1) is 0 Å². The van der Waals surface area contributed by atoms with Crippen LogP contribution in [0.3, 0.4) is 0 Å². The molecule has 0 aliphatic rings. The fraction of sp³-hybridized carbons (Fsp3) is 0.300. The number of thiol groups is 2. The molecule has 76 valence electrons. The van der Waals surface area contributed by atoms with Gasteiger partial charge < -0.3 is 4.90 Å². The molecule has 0 aliphatic carbocycles. The van der Waals surface area contributed by atoms with Gasteiger partial charge >= 0.3 is 0 Å². The lowest BCUT2D eigenvalue weighted by molar-refractivity contribution is 0.601. The molecule has 0 atom stereocenters. The molecule has 0 N–H and O–H groups in total. The van der Waals surface area contributed by atoms with Crippen LogP contribution in [0.5, 0.6) is 0 Å². The van der Waals surface area contributed by atoms with Gasteiger partial charge in [0.25, 0.3) is 0 Å². The van der Waals surface area contributed by atoms with Crippen molar-refractivity contribution in [3.8, 4) is 0 Å². The molecule has 14 heavy (non-hydrogen) atoms. The monoisotopic (exact) mass is 226 g/mol. The Morgan fingerprint density at radius 2 is 1.93 bits per heavy atom. The molecule has 0 unspecified atom stereocenters. The number of hydrogen-bond donors (Lipinski definition) is 2. The van der Waals surface area contributed by atoms with Crippen molar-refractivity contribution in [1.29, 1.82) is 0 Å². The molecule has 0 aromatic heterocycles. The first-order chi connectivity index (χ1) is 6.79. The number of aliphatic imine (C=N–C) groups is 1. The second-order valence-electron chi connectivity index (χ2n) is 2.83. The fourth-order valence-electron chi connectivity index (χ4n) is 1.15. The summed E-state index contributed by atoms with van der Waals surface area (Å²) in [6.07, 6.45) is 0. The van der Waals surface area contributed by atoms with E-state index in [0.29, 0.717) is 11.8 Å². The SMILES string of the molecule is CN(CS)C(=NCS)c1ccccc1. The molecule has 0 fully saturated rings. The molecule has 2 nitrogen and oxygen atoms in total. The average Bonchev–Trinajstić information content (AvgIpc) is 2.26. The first-order valence-corrected chi connectivity index (χ1v) is 5.58. The summed E-state index contributed by atoms with van der Waals surface area (Å²) in [5, 5.41) is 0. The van der Waals surface area contributed by atoms with Gasteiger partial charge in [-0.2, -0.15) is 25.3 Å². The van der Waals surface area contributed by atoms with Gasteiger partial charge in [0.1, 0.15) is 5.84 Å². The number of nitrogens with zero attached hydrogens (tertiary/aromatic N) is 2. The quantitative estimate of drug-likeness (QED) is 0.349. The van der Waals surface area contributed by atoms with E-state index in [0.717, 1.165) is 11.4 Å². The maximum atomic E-state index is 4.32. The van der Waals surface area contributed by atoms with Gasteiger partial charge in [-0.15, -0.1) is 0 Å². The fourth-order valence-corrected chi connectivity index (χ4v) is 1.42. The highest BCUT2D eigenvalue weighted by atomic mass is 32.1. The van der Waals surface area contributed by atoms with Crippen molar-refractivity contribution in [1.82, 2.24) is 4.90 Å². The molecule has 1 rings (SSSR count). The Morgan fingerprint density at radius 1 is 1.29 bits per heavy atom. The van der Waals surface area contributed by atoms with Crippen molar-refractivity contribution in [2.75, 3.05) is 18.8 Å². The number of rotatable bonds is 3. The second kappa shape index (κ2) is 5.98. The predicted octanol–water partition coefficient (Wildman–Crippen LogP) is 2.14. The van der Waals surface area contributed by atoms with E-state index in [-0.39, 0.29) is 0 Å². The molecule has 0 spiro atoms. The molecule has 0 bridgehead atoms. The molecule has 1 aromatic rings. The lowest BCUT2D eigenvalue weighted by atomic mass is 10.2. The van der Waals surface area contributed by atoms with Gasteiger partial charge in [0.2, 0.25) is 0 Å². The zero-order valence-corrected chi connectivity index (χ0v) is 9.88. The highest BCUT2D eigenvalue weighted by Gasteiger charge is 2.06. The Labute approximate surface area is 95.9 Å². The van der Waals surface area contributed by atoms with Gasteiger partial charge in [-0.3, -0.25) is 4.99 Å². The van der Waals surface area contributed by atoms with Gasteiger partial charge in [-0.05, 0) is 0 Å². The zero-order valence-electron chi connectivity index (χ0n) is 8.09. The molecular formula is C10H14N2S2. The molecule has 1 aromatic carbocycles. The standard InChI is InChI=1S/C10H14N2S2/c1-12(8-14)10(11-7-13)9-5-3-2-4-6-9/h2-6,13-14H,7-8H2,1H3. The third-order valence-corrected chi connectivity index (χ3v) is 2.39. The van der Waals surface area contributed by atoms with Crippen LogP contribution < -0.4 is 0 Å². The van der Waals surface area contributed by atoms with E-state index in [1.165, 1.54) is 0 Å². The van der Waals surface area contributed by atoms with Crippen molar-refractivity contribution in [3.63, 3.8) is 0 Å². The normalized spacial score (nSPS) is 11.5. The third-order valence-electron chi connectivity index (χ3n) is 1.83. The Bertz CT molecular complexity index is 298. The van der Waals surface area contributed by atoms with E-state index < -0.39 is 0 Å². The average molecular weight is 226 g/mol. The Kier molecular flexibility index (Phi) is 4.90. The summed E-state index contributed by atoms with van der Waals surface area (Å²) in [5.41, 5.74) is 1.10. The first kappa shape index (κ1) is 11.5. The summed E-state index contributed by atoms with van der Waals surface area (Å²) >= 11 is 8.32. The largest absolute Gasteiger partial charge is 0.350 e.